The molecule has 0 unspecified atom stereocenters. The summed E-state index contributed by atoms with van der Waals surface area (Å²) < 4.78 is 7.20. The monoisotopic (exact) mass is 461 g/mol. The van der Waals surface area contributed by atoms with Crippen LogP contribution in [0.5, 0.6) is 0 Å². The summed E-state index contributed by atoms with van der Waals surface area (Å²) in [6, 6.07) is 34.2. The summed E-state index contributed by atoms with van der Waals surface area (Å²) in [6.45, 7) is 2.56. The second-order valence-electron chi connectivity index (χ2n) is 8.56. The van der Waals surface area contributed by atoms with Crippen LogP contribution in [0.2, 0.25) is 0 Å². The average Bonchev–Trinajstić information content (AvgIpc) is 3.59. The molecule has 5 heteroatoms. The molecule has 0 aliphatic rings. The lowest BCUT2D eigenvalue weighted by Crippen LogP contribution is -2.28. The molecule has 35 heavy (non-hydrogen) atoms. The molecular formula is C30H27N3O2. The number of furan rings is 1. The fourth-order valence-electron chi connectivity index (χ4n) is 4.29. The normalized spacial score (nSPS) is 11.0. The van der Waals surface area contributed by atoms with Crippen molar-refractivity contribution in [2.45, 2.75) is 19.3 Å². The van der Waals surface area contributed by atoms with Crippen LogP contribution in [-0.4, -0.2) is 22.2 Å². The van der Waals surface area contributed by atoms with E-state index in [4.69, 9.17) is 4.42 Å². The molecule has 174 valence electrons. The molecule has 0 radical (unpaired) electrons. The van der Waals surface area contributed by atoms with Crippen LogP contribution in [0.3, 0.4) is 0 Å². The van der Waals surface area contributed by atoms with Gasteiger partial charge in [-0.25, -0.2) is 4.68 Å². The third kappa shape index (κ3) is 5.09. The molecular weight excluding hydrogens is 434 g/mol. The highest BCUT2D eigenvalue weighted by Gasteiger charge is 2.20. The van der Waals surface area contributed by atoms with Gasteiger partial charge in [0.05, 0.1) is 12.0 Å². The Bertz CT molecular complexity index is 1330. The Hall–Kier alpha value is -4.38. The maximum atomic E-state index is 13.3. The minimum absolute atomic E-state index is 0.171. The number of nitrogens with zero attached hydrogens (tertiary/aromatic N) is 2. The number of rotatable bonds is 8. The first-order valence-electron chi connectivity index (χ1n) is 11.8. The summed E-state index contributed by atoms with van der Waals surface area (Å²) in [4.78, 5) is 13.3. The summed E-state index contributed by atoms with van der Waals surface area (Å²) in [6.07, 6.45) is 2.39. The number of hydrogen-bond donors (Lipinski definition) is 1. The number of aromatic nitrogens is 2. The van der Waals surface area contributed by atoms with Gasteiger partial charge in [0, 0.05) is 18.5 Å². The summed E-state index contributed by atoms with van der Waals surface area (Å²) in [5.41, 5.74) is 5.52. The van der Waals surface area contributed by atoms with Crippen molar-refractivity contribution in [3.05, 3.63) is 132 Å². The molecule has 0 fully saturated rings. The van der Waals surface area contributed by atoms with Crippen LogP contribution in [0.25, 0.3) is 17.1 Å². The van der Waals surface area contributed by atoms with Gasteiger partial charge in [-0.2, -0.15) is 5.10 Å². The van der Waals surface area contributed by atoms with Crippen molar-refractivity contribution in [2.75, 3.05) is 6.54 Å². The van der Waals surface area contributed by atoms with Crippen LogP contribution in [0, 0.1) is 6.92 Å². The maximum Gasteiger partial charge on any atom is 0.270 e. The third-order valence-electron chi connectivity index (χ3n) is 6.12. The Kier molecular flexibility index (Phi) is 6.57. The lowest BCUT2D eigenvalue weighted by Gasteiger charge is -2.18. The van der Waals surface area contributed by atoms with Gasteiger partial charge in [0.15, 0.2) is 5.76 Å². The summed E-state index contributed by atoms with van der Waals surface area (Å²) in [5.74, 6) is 0.646. The number of aryl methyl sites for hydroxylation is 1. The largest absolute Gasteiger partial charge is 0.463 e. The van der Waals surface area contributed by atoms with Gasteiger partial charge in [-0.3, -0.25) is 4.79 Å². The van der Waals surface area contributed by atoms with Crippen molar-refractivity contribution < 1.29 is 9.21 Å². The Morgan fingerprint density at radius 2 is 1.54 bits per heavy atom. The number of amides is 1. The highest BCUT2D eigenvalue weighted by molar-refractivity contribution is 5.94. The van der Waals surface area contributed by atoms with Crippen molar-refractivity contribution >= 4 is 5.91 Å². The van der Waals surface area contributed by atoms with Gasteiger partial charge in [-0.15, -0.1) is 0 Å². The molecule has 2 aromatic heterocycles. The van der Waals surface area contributed by atoms with E-state index >= 15 is 0 Å². The van der Waals surface area contributed by atoms with E-state index in [-0.39, 0.29) is 11.8 Å². The zero-order valence-electron chi connectivity index (χ0n) is 19.6. The molecule has 2 heterocycles. The standard InChI is InChI=1S/C30H27N3O2/c1-22-14-16-25(17-15-22)33-28(21-27(32-33)29-13-8-20-35-29)30(34)31-19-18-26(23-9-4-2-5-10-23)24-11-6-3-7-12-24/h2-17,20-21,26H,18-19H2,1H3,(H,31,34). The second-order valence-corrected chi connectivity index (χ2v) is 8.56. The van der Waals surface area contributed by atoms with Gasteiger partial charge >= 0.3 is 0 Å². The average molecular weight is 462 g/mol. The molecule has 0 atom stereocenters. The van der Waals surface area contributed by atoms with E-state index in [1.807, 2.05) is 55.5 Å². The molecule has 5 nitrogen and oxygen atoms in total. The van der Waals surface area contributed by atoms with Crippen LogP contribution in [0.1, 0.15) is 39.5 Å². The third-order valence-corrected chi connectivity index (χ3v) is 6.12. The molecule has 1 amide bonds. The van der Waals surface area contributed by atoms with E-state index in [2.05, 4.69) is 58.9 Å². The lowest BCUT2D eigenvalue weighted by atomic mass is 9.88. The van der Waals surface area contributed by atoms with Gasteiger partial charge in [0.25, 0.3) is 5.91 Å². The first-order chi connectivity index (χ1) is 17.2. The van der Waals surface area contributed by atoms with E-state index in [0.717, 1.165) is 17.7 Å². The second kappa shape index (κ2) is 10.3. The van der Waals surface area contributed by atoms with Crippen LogP contribution in [-0.2, 0) is 0 Å². The fourth-order valence-corrected chi connectivity index (χ4v) is 4.29. The molecule has 5 rings (SSSR count). The molecule has 0 saturated heterocycles. The van der Waals surface area contributed by atoms with E-state index in [0.29, 0.717) is 23.7 Å². The first kappa shape index (κ1) is 22.4. The van der Waals surface area contributed by atoms with E-state index in [1.165, 1.54) is 11.1 Å². The summed E-state index contributed by atoms with van der Waals surface area (Å²) in [7, 11) is 0. The van der Waals surface area contributed by atoms with Crippen LogP contribution in [0.15, 0.2) is 114 Å². The van der Waals surface area contributed by atoms with Gasteiger partial charge in [0.2, 0.25) is 0 Å². The molecule has 5 aromatic rings. The Morgan fingerprint density at radius 1 is 0.886 bits per heavy atom. The molecule has 1 N–H and O–H groups in total. The molecule has 3 aromatic carbocycles. The quantitative estimate of drug-likeness (QED) is 0.291. The highest BCUT2D eigenvalue weighted by atomic mass is 16.3. The molecule has 0 saturated carbocycles. The van der Waals surface area contributed by atoms with Crippen LogP contribution in [0.4, 0.5) is 0 Å². The Morgan fingerprint density at radius 3 is 2.14 bits per heavy atom. The minimum Gasteiger partial charge on any atom is -0.463 e. The van der Waals surface area contributed by atoms with E-state index in [9.17, 15) is 4.79 Å². The Labute approximate surface area is 205 Å². The van der Waals surface area contributed by atoms with Gasteiger partial charge in [-0.1, -0.05) is 78.4 Å². The first-order valence-corrected chi connectivity index (χ1v) is 11.8. The fraction of sp³-hybridized carbons (Fsp3) is 0.133. The van der Waals surface area contributed by atoms with Gasteiger partial charge < -0.3 is 9.73 Å². The smallest absolute Gasteiger partial charge is 0.270 e. The molecule has 0 aliphatic carbocycles. The van der Waals surface area contributed by atoms with Crippen molar-refractivity contribution in [3.63, 3.8) is 0 Å². The zero-order chi connectivity index (χ0) is 24.0. The van der Waals surface area contributed by atoms with Crippen molar-refractivity contribution in [1.82, 2.24) is 15.1 Å². The maximum absolute atomic E-state index is 13.3. The van der Waals surface area contributed by atoms with E-state index in [1.54, 1.807) is 17.0 Å². The topological polar surface area (TPSA) is 60.1 Å². The number of benzene rings is 3. The summed E-state index contributed by atoms with van der Waals surface area (Å²) in [5, 5.41) is 7.79. The van der Waals surface area contributed by atoms with Crippen molar-refractivity contribution in [2.24, 2.45) is 0 Å². The number of carbonyl (C=O) groups excluding carboxylic acids is 1. The molecule has 0 aliphatic heterocycles. The minimum atomic E-state index is -0.171. The predicted molar refractivity (Wildman–Crippen MR) is 138 cm³/mol. The lowest BCUT2D eigenvalue weighted by molar-refractivity contribution is 0.0945. The van der Waals surface area contributed by atoms with Crippen LogP contribution < -0.4 is 5.32 Å². The summed E-state index contributed by atoms with van der Waals surface area (Å²) >= 11 is 0. The molecule has 0 bridgehead atoms. The number of hydrogen-bond acceptors (Lipinski definition) is 3. The predicted octanol–water partition coefficient (Wildman–Crippen LogP) is 6.39. The zero-order valence-corrected chi connectivity index (χ0v) is 19.6. The number of carbonyl (C=O) groups is 1. The molecule has 0 spiro atoms. The van der Waals surface area contributed by atoms with Gasteiger partial charge in [-0.05, 0) is 48.7 Å². The van der Waals surface area contributed by atoms with Crippen molar-refractivity contribution in [3.8, 4) is 17.1 Å². The Balaban J connectivity index is 1.37. The van der Waals surface area contributed by atoms with Crippen LogP contribution >= 0.6 is 0 Å². The van der Waals surface area contributed by atoms with Crippen molar-refractivity contribution in [1.29, 1.82) is 0 Å². The highest BCUT2D eigenvalue weighted by Crippen LogP contribution is 2.28. The van der Waals surface area contributed by atoms with E-state index < -0.39 is 0 Å². The van der Waals surface area contributed by atoms with Gasteiger partial charge in [0.1, 0.15) is 11.4 Å². The SMILES string of the molecule is Cc1ccc(-n2nc(-c3ccco3)cc2C(=O)NCCC(c2ccccc2)c2ccccc2)cc1. The number of nitrogens with one attached hydrogen (secondary N) is 1.